The Morgan fingerprint density at radius 3 is 1.48 bits per heavy atom. The molecule has 0 atom stereocenters. The second-order valence-corrected chi connectivity index (χ2v) is 11.4. The van der Waals surface area contributed by atoms with Gasteiger partial charge in [0.25, 0.3) is 0 Å². The molecule has 0 amide bonds. The Hall–Kier alpha value is -1.44. The van der Waals surface area contributed by atoms with E-state index in [0.717, 1.165) is 6.16 Å². The van der Waals surface area contributed by atoms with Gasteiger partial charge in [0.1, 0.15) is 0 Å². The van der Waals surface area contributed by atoms with Crippen LogP contribution < -0.4 is 24.8 Å². The Morgan fingerprint density at radius 1 is 0.636 bits per heavy atom. The molecule has 169 valence electrons. The van der Waals surface area contributed by atoms with Crippen molar-refractivity contribution in [3.05, 3.63) is 119 Å². The minimum absolute atomic E-state index is 0. The Balaban J connectivity index is 0.000000242. The maximum absolute atomic E-state index is 2.24. The summed E-state index contributed by atoms with van der Waals surface area (Å²) in [4.78, 5) is 0. The Bertz CT molecular complexity index is 1190. The Morgan fingerprint density at radius 2 is 1.09 bits per heavy atom. The van der Waals surface area contributed by atoms with Gasteiger partial charge in [-0.1, -0.05) is 37.1 Å². The van der Waals surface area contributed by atoms with Crippen molar-refractivity contribution >= 4 is 27.7 Å². The summed E-state index contributed by atoms with van der Waals surface area (Å²) in [5.41, 5.74) is 6.93. The third-order valence-corrected chi connectivity index (χ3v) is 7.25. The molecule has 4 heteroatoms. The van der Waals surface area contributed by atoms with Crippen molar-refractivity contribution in [2.24, 2.45) is 0 Å². The van der Waals surface area contributed by atoms with Crippen LogP contribution >= 0.6 is 0 Å². The number of hydrogen-bond donors (Lipinski definition) is 0. The molecule has 0 aliphatic rings. The predicted octanol–water partition coefficient (Wildman–Crippen LogP) is 1.71. The van der Waals surface area contributed by atoms with Crippen LogP contribution in [0.25, 0.3) is 21.5 Å². The minimum atomic E-state index is 0. The average Bonchev–Trinajstić information content (AvgIpc) is 3.33. The molecule has 0 bridgehead atoms. The van der Waals surface area contributed by atoms with Gasteiger partial charge in [-0.05, 0) is 13.8 Å². The van der Waals surface area contributed by atoms with E-state index in [9.17, 15) is 0 Å². The fraction of sp³-hybridized carbons (Fsp3) is 0.172. The van der Waals surface area contributed by atoms with E-state index in [0.29, 0.717) is 0 Å². The van der Waals surface area contributed by atoms with Crippen LogP contribution in [0, 0.1) is 27.7 Å². The van der Waals surface area contributed by atoms with Crippen LogP contribution in [0.15, 0.2) is 91.0 Å². The van der Waals surface area contributed by atoms with Gasteiger partial charge in [-0.2, -0.15) is 12.1 Å². The predicted molar refractivity (Wildman–Crippen MR) is 134 cm³/mol. The molecule has 0 spiro atoms. The van der Waals surface area contributed by atoms with Gasteiger partial charge in [-0.25, -0.2) is 0 Å². The third kappa shape index (κ3) is 8.69. The van der Waals surface area contributed by atoms with E-state index in [2.05, 4.69) is 119 Å². The van der Waals surface area contributed by atoms with E-state index in [4.69, 9.17) is 0 Å². The summed E-state index contributed by atoms with van der Waals surface area (Å²) < 4.78 is 0. The summed E-state index contributed by atoms with van der Waals surface area (Å²) in [5.74, 6) is 0. The summed E-state index contributed by atoms with van der Waals surface area (Å²) >= 11 is 1.66. The number of halogens is 2. The number of aryl methyl sites for hydroxylation is 4. The van der Waals surface area contributed by atoms with Crippen molar-refractivity contribution in [3.8, 4) is 0 Å². The van der Waals surface area contributed by atoms with Gasteiger partial charge in [0.2, 0.25) is 0 Å². The summed E-state index contributed by atoms with van der Waals surface area (Å²) in [6.07, 6.45) is 1.13. The van der Waals surface area contributed by atoms with E-state index in [1.54, 1.807) is 23.3 Å². The Labute approximate surface area is 226 Å². The van der Waals surface area contributed by atoms with Gasteiger partial charge < -0.3 is 24.8 Å². The van der Waals surface area contributed by atoms with Gasteiger partial charge in [0, 0.05) is 0 Å². The van der Waals surface area contributed by atoms with Crippen LogP contribution in [0.4, 0.5) is 0 Å². The summed E-state index contributed by atoms with van der Waals surface area (Å²) in [7, 11) is 0. The summed E-state index contributed by atoms with van der Waals surface area (Å²) in [6.45, 7) is 8.59. The standard InChI is InChI=1S/2C11H11.C7H7Si.2ClH.Zr/c2*1-8-6-10-5-3-4-9(2)11(10)7-8;8-6-7-4-2-1-3-5-7;;;/h2*3-7H,1-2H3;1-5H,6H2;2*1H;/q2*-1;;;;+2/p-2. The molecular weight excluding hydrogens is 539 g/mol. The van der Waals surface area contributed by atoms with Crippen LogP contribution in [-0.4, -0.2) is 6.16 Å². The van der Waals surface area contributed by atoms with Crippen molar-refractivity contribution in [1.29, 1.82) is 0 Å². The van der Waals surface area contributed by atoms with Crippen molar-refractivity contribution in [1.82, 2.24) is 0 Å². The SMILES string of the molecule is Cc1cc2c(C)cccc2[cH-]1.Cc1cc2c(C)cccc2[cH-]1.[Cl-].[Cl-].[Zr+2]=[Si]Cc1ccccc1. The van der Waals surface area contributed by atoms with Gasteiger partial charge in [-0.15, -0.1) is 69.1 Å². The van der Waals surface area contributed by atoms with E-state index >= 15 is 0 Å². The first-order chi connectivity index (χ1) is 15.0. The molecule has 0 N–H and O–H groups in total. The zero-order chi connectivity index (χ0) is 22.2. The molecule has 0 nitrogen and oxygen atoms in total. The first-order valence-electron chi connectivity index (χ1n) is 10.7. The van der Waals surface area contributed by atoms with Gasteiger partial charge in [0.05, 0.1) is 0 Å². The van der Waals surface area contributed by atoms with Crippen LogP contribution in [0.2, 0.25) is 0 Å². The molecule has 0 saturated carbocycles. The topological polar surface area (TPSA) is 0 Å². The van der Waals surface area contributed by atoms with Crippen molar-refractivity contribution in [2.45, 2.75) is 33.7 Å². The van der Waals surface area contributed by atoms with Crippen molar-refractivity contribution in [2.75, 3.05) is 0 Å². The van der Waals surface area contributed by atoms with E-state index in [-0.39, 0.29) is 24.8 Å². The molecule has 0 saturated heterocycles. The summed E-state index contributed by atoms with van der Waals surface area (Å²) in [6, 6.07) is 33.7. The second kappa shape index (κ2) is 14.7. The van der Waals surface area contributed by atoms with Gasteiger partial charge in [-0.3, -0.25) is 0 Å². The molecular formula is C29H29Cl2SiZr-2. The monoisotopic (exact) mass is 565 g/mol. The quantitative estimate of drug-likeness (QED) is 0.225. The zero-order valence-corrected chi connectivity index (χ0v) is 24.6. The number of benzene rings is 3. The first-order valence-corrected chi connectivity index (χ1v) is 15.6. The first kappa shape index (κ1) is 29.6. The normalized spacial score (nSPS) is 9.64. The molecule has 0 aromatic heterocycles. The van der Waals surface area contributed by atoms with E-state index < -0.39 is 0 Å². The van der Waals surface area contributed by atoms with Crippen LogP contribution in [0.1, 0.15) is 27.8 Å². The molecule has 0 aliphatic carbocycles. The second-order valence-electron chi connectivity index (χ2n) is 8.06. The zero-order valence-electron chi connectivity index (χ0n) is 19.6. The molecule has 5 rings (SSSR count). The van der Waals surface area contributed by atoms with E-state index in [1.807, 2.05) is 0 Å². The number of hydrogen-bond acceptors (Lipinski definition) is 0. The summed E-state index contributed by atoms with van der Waals surface area (Å²) in [5, 5.41) is 5.51. The van der Waals surface area contributed by atoms with Crippen LogP contribution in [0.3, 0.4) is 0 Å². The fourth-order valence-corrected chi connectivity index (χ4v) is 5.72. The van der Waals surface area contributed by atoms with Crippen LogP contribution in [-0.2, 0) is 29.4 Å². The van der Waals surface area contributed by atoms with Crippen molar-refractivity contribution < 1.29 is 48.1 Å². The van der Waals surface area contributed by atoms with E-state index in [1.165, 1.54) is 55.4 Å². The van der Waals surface area contributed by atoms with Crippen molar-refractivity contribution in [3.63, 3.8) is 0 Å². The average molecular weight is 568 g/mol. The maximum atomic E-state index is 2.24. The molecule has 5 aromatic carbocycles. The molecule has 0 unspecified atom stereocenters. The Kier molecular flexibility index (Phi) is 13.2. The molecule has 33 heavy (non-hydrogen) atoms. The molecule has 1 radical (unpaired) electrons. The van der Waals surface area contributed by atoms with Crippen LogP contribution in [0.5, 0.6) is 0 Å². The van der Waals surface area contributed by atoms with Gasteiger partial charge in [0.15, 0.2) is 0 Å². The number of rotatable bonds is 2. The number of fused-ring (bicyclic) bond motifs is 2. The molecule has 0 heterocycles. The molecule has 0 aliphatic heterocycles. The molecule has 5 aromatic rings. The third-order valence-electron chi connectivity index (χ3n) is 5.36. The molecule has 0 fully saturated rings. The van der Waals surface area contributed by atoms with Gasteiger partial charge >= 0.3 is 71.4 Å². The fourth-order valence-electron chi connectivity index (χ4n) is 3.78.